The van der Waals surface area contributed by atoms with E-state index in [1.54, 1.807) is 7.11 Å². The quantitative estimate of drug-likeness (QED) is 0.619. The number of para-hydroxylation sites is 1. The first-order valence-corrected chi connectivity index (χ1v) is 9.77. The van der Waals surface area contributed by atoms with Gasteiger partial charge in [-0.3, -0.25) is 4.79 Å². The Labute approximate surface area is 162 Å². The lowest BCUT2D eigenvalue weighted by molar-refractivity contribution is -0.120. The Morgan fingerprint density at radius 1 is 1.15 bits per heavy atom. The van der Waals surface area contributed by atoms with Crippen molar-refractivity contribution in [2.45, 2.75) is 26.3 Å². The zero-order chi connectivity index (χ0) is 19.2. The van der Waals surface area contributed by atoms with Crippen molar-refractivity contribution in [1.82, 2.24) is 4.57 Å². The molecule has 0 bridgehead atoms. The summed E-state index contributed by atoms with van der Waals surface area (Å²) in [5, 5.41) is 0. The van der Waals surface area contributed by atoms with E-state index in [1.165, 1.54) is 16.9 Å². The minimum absolute atomic E-state index is 0.0838. The number of hydrogen-bond donors (Lipinski definition) is 0. The Morgan fingerprint density at radius 3 is 2.59 bits per heavy atom. The lowest BCUT2D eigenvalue weighted by Crippen LogP contribution is -2.21. The van der Waals surface area contributed by atoms with Crippen molar-refractivity contribution in [3.63, 3.8) is 0 Å². The lowest BCUT2D eigenvalue weighted by atomic mass is 10.0. The molecule has 1 aromatic heterocycles. The van der Waals surface area contributed by atoms with Gasteiger partial charge >= 0.3 is 0 Å². The molecule has 0 aliphatic heterocycles. The number of benzene rings is 2. The predicted octanol–water partition coefficient (Wildman–Crippen LogP) is 3.98. The molecular formula is C21H24N2O3S. The SMILES string of the molecule is COCCn1c(=NC(=O)COc2ccc(C(C)C)cc2)sc2ccccc21. The van der Waals surface area contributed by atoms with Crippen LogP contribution in [-0.4, -0.2) is 30.8 Å². The van der Waals surface area contributed by atoms with Gasteiger partial charge in [-0.15, -0.1) is 0 Å². The molecule has 0 N–H and O–H groups in total. The Balaban J connectivity index is 1.76. The predicted molar refractivity (Wildman–Crippen MR) is 108 cm³/mol. The van der Waals surface area contributed by atoms with Crippen LogP contribution in [0, 0.1) is 0 Å². The van der Waals surface area contributed by atoms with Crippen molar-refractivity contribution in [1.29, 1.82) is 0 Å². The highest BCUT2D eigenvalue weighted by molar-refractivity contribution is 7.16. The van der Waals surface area contributed by atoms with Crippen LogP contribution < -0.4 is 9.54 Å². The average molecular weight is 385 g/mol. The third-order valence-electron chi connectivity index (χ3n) is 4.24. The number of thiazole rings is 1. The largest absolute Gasteiger partial charge is 0.484 e. The van der Waals surface area contributed by atoms with Gasteiger partial charge in [-0.2, -0.15) is 4.99 Å². The molecule has 3 aromatic rings. The summed E-state index contributed by atoms with van der Waals surface area (Å²) in [5.74, 6) is 0.832. The summed E-state index contributed by atoms with van der Waals surface area (Å²) in [7, 11) is 1.66. The molecule has 6 heteroatoms. The van der Waals surface area contributed by atoms with E-state index in [0.717, 1.165) is 10.2 Å². The number of carbonyl (C=O) groups is 1. The number of carbonyl (C=O) groups excluding carboxylic acids is 1. The molecule has 0 radical (unpaired) electrons. The second-order valence-corrected chi connectivity index (χ2v) is 7.52. The molecule has 1 heterocycles. The minimum Gasteiger partial charge on any atom is -0.484 e. The van der Waals surface area contributed by atoms with E-state index in [-0.39, 0.29) is 12.5 Å². The topological polar surface area (TPSA) is 52.8 Å². The Kier molecular flexibility index (Phi) is 6.42. The summed E-state index contributed by atoms with van der Waals surface area (Å²) >= 11 is 1.49. The first-order valence-electron chi connectivity index (χ1n) is 8.96. The van der Waals surface area contributed by atoms with Crippen LogP contribution in [0.2, 0.25) is 0 Å². The molecular weight excluding hydrogens is 360 g/mol. The molecule has 0 unspecified atom stereocenters. The summed E-state index contributed by atoms with van der Waals surface area (Å²) < 4.78 is 13.9. The Morgan fingerprint density at radius 2 is 1.89 bits per heavy atom. The van der Waals surface area contributed by atoms with E-state index in [2.05, 4.69) is 18.8 Å². The van der Waals surface area contributed by atoms with Crippen LogP contribution in [0.4, 0.5) is 0 Å². The first kappa shape index (κ1) is 19.3. The van der Waals surface area contributed by atoms with Crippen molar-refractivity contribution in [3.8, 4) is 5.75 Å². The van der Waals surface area contributed by atoms with Crippen LogP contribution >= 0.6 is 11.3 Å². The van der Waals surface area contributed by atoms with E-state index in [0.29, 0.717) is 29.6 Å². The van der Waals surface area contributed by atoms with Crippen molar-refractivity contribution in [3.05, 3.63) is 58.9 Å². The number of nitrogens with zero attached hydrogens (tertiary/aromatic N) is 2. The van der Waals surface area contributed by atoms with E-state index in [1.807, 2.05) is 53.1 Å². The van der Waals surface area contributed by atoms with Gasteiger partial charge in [0.05, 0.1) is 16.8 Å². The summed E-state index contributed by atoms with van der Waals surface area (Å²) in [6.45, 7) is 5.40. The summed E-state index contributed by atoms with van der Waals surface area (Å²) in [6.07, 6.45) is 0. The number of rotatable bonds is 7. The monoisotopic (exact) mass is 384 g/mol. The second-order valence-electron chi connectivity index (χ2n) is 6.51. The van der Waals surface area contributed by atoms with Gasteiger partial charge in [0.2, 0.25) is 0 Å². The molecule has 0 fully saturated rings. The van der Waals surface area contributed by atoms with Gasteiger partial charge in [-0.1, -0.05) is 49.4 Å². The highest BCUT2D eigenvalue weighted by Crippen LogP contribution is 2.19. The van der Waals surface area contributed by atoms with Crippen LogP contribution in [0.25, 0.3) is 10.2 Å². The van der Waals surface area contributed by atoms with Crippen LogP contribution in [0.3, 0.4) is 0 Å². The Hall–Kier alpha value is -2.44. The van der Waals surface area contributed by atoms with Gasteiger partial charge in [0, 0.05) is 13.7 Å². The number of hydrogen-bond acceptors (Lipinski definition) is 4. The number of fused-ring (bicyclic) bond motifs is 1. The number of amides is 1. The zero-order valence-corrected chi connectivity index (χ0v) is 16.7. The maximum absolute atomic E-state index is 12.3. The van der Waals surface area contributed by atoms with Crippen LogP contribution in [0.15, 0.2) is 53.5 Å². The van der Waals surface area contributed by atoms with Crippen molar-refractivity contribution < 1.29 is 14.3 Å². The molecule has 2 aromatic carbocycles. The molecule has 0 atom stereocenters. The number of aromatic nitrogens is 1. The van der Waals surface area contributed by atoms with Crippen LogP contribution in [0.1, 0.15) is 25.3 Å². The summed E-state index contributed by atoms with van der Waals surface area (Å²) in [6, 6.07) is 15.8. The highest BCUT2D eigenvalue weighted by atomic mass is 32.1. The van der Waals surface area contributed by atoms with Crippen molar-refractivity contribution in [2.24, 2.45) is 4.99 Å². The minimum atomic E-state index is -0.305. The van der Waals surface area contributed by atoms with Gasteiger partial charge < -0.3 is 14.0 Å². The third-order valence-corrected chi connectivity index (χ3v) is 5.30. The van der Waals surface area contributed by atoms with Crippen molar-refractivity contribution >= 4 is 27.5 Å². The third kappa shape index (κ3) is 4.84. The fourth-order valence-electron chi connectivity index (χ4n) is 2.74. The maximum atomic E-state index is 12.3. The number of ether oxygens (including phenoxy) is 2. The summed E-state index contributed by atoms with van der Waals surface area (Å²) in [5.41, 5.74) is 2.29. The van der Waals surface area contributed by atoms with Crippen LogP contribution in [-0.2, 0) is 16.1 Å². The summed E-state index contributed by atoms with van der Waals surface area (Å²) in [4.78, 5) is 17.3. The molecule has 0 saturated carbocycles. The molecule has 27 heavy (non-hydrogen) atoms. The molecule has 0 saturated heterocycles. The van der Waals surface area contributed by atoms with E-state index < -0.39 is 0 Å². The Bertz CT molecular complexity index is 971. The molecule has 142 valence electrons. The van der Waals surface area contributed by atoms with Crippen molar-refractivity contribution in [2.75, 3.05) is 20.3 Å². The van der Waals surface area contributed by atoms with E-state index in [9.17, 15) is 4.79 Å². The van der Waals surface area contributed by atoms with Gasteiger partial charge in [0.1, 0.15) is 5.75 Å². The number of methoxy groups -OCH3 is 1. The molecule has 0 spiro atoms. The average Bonchev–Trinajstić information content (AvgIpc) is 3.02. The van der Waals surface area contributed by atoms with Gasteiger partial charge in [-0.05, 0) is 35.7 Å². The van der Waals surface area contributed by atoms with Gasteiger partial charge in [0.15, 0.2) is 11.4 Å². The van der Waals surface area contributed by atoms with E-state index in [4.69, 9.17) is 9.47 Å². The standard InChI is InChI=1S/C21H24N2O3S/c1-15(2)16-8-10-17(11-9-16)26-14-20(24)22-21-23(12-13-25-3)18-6-4-5-7-19(18)27-21/h4-11,15H,12-14H2,1-3H3. The lowest BCUT2D eigenvalue weighted by Gasteiger charge is -2.07. The van der Waals surface area contributed by atoms with Crippen LogP contribution in [0.5, 0.6) is 5.75 Å². The molecule has 5 nitrogen and oxygen atoms in total. The first-order chi connectivity index (χ1) is 13.1. The fourth-order valence-corrected chi connectivity index (χ4v) is 3.81. The smallest absolute Gasteiger partial charge is 0.286 e. The molecule has 1 amide bonds. The molecule has 3 rings (SSSR count). The second kappa shape index (κ2) is 8.97. The molecule has 0 aliphatic rings. The van der Waals surface area contributed by atoms with Gasteiger partial charge in [-0.25, -0.2) is 0 Å². The molecule has 0 aliphatic carbocycles. The fraction of sp³-hybridized carbons (Fsp3) is 0.333. The van der Waals surface area contributed by atoms with Gasteiger partial charge in [0.25, 0.3) is 5.91 Å². The normalized spacial score (nSPS) is 12.1. The highest BCUT2D eigenvalue weighted by Gasteiger charge is 2.08. The maximum Gasteiger partial charge on any atom is 0.286 e. The zero-order valence-electron chi connectivity index (χ0n) is 15.8. The van der Waals surface area contributed by atoms with E-state index >= 15 is 0 Å².